The lowest BCUT2D eigenvalue weighted by atomic mass is 10.0. The Balaban J connectivity index is 1.72. The maximum absolute atomic E-state index is 12.6. The number of carbonyl (C=O) groups is 1. The number of amides is 1. The van der Waals surface area contributed by atoms with E-state index in [1.807, 2.05) is 41.3 Å². The molecule has 2 aromatic rings. The van der Waals surface area contributed by atoms with Gasteiger partial charge in [-0.1, -0.05) is 24.3 Å². The molecule has 1 fully saturated rings. The van der Waals surface area contributed by atoms with Crippen LogP contribution in [0.5, 0.6) is 0 Å². The lowest BCUT2D eigenvalue weighted by Crippen LogP contribution is -2.34. The Morgan fingerprint density at radius 1 is 1.19 bits per heavy atom. The number of nitrogens with zero attached hydrogens (tertiary/aromatic N) is 1. The number of hydrogen-bond acceptors (Lipinski definition) is 3. The summed E-state index contributed by atoms with van der Waals surface area (Å²) in [5.74, 6) is 0.983. The maximum atomic E-state index is 12.6. The van der Waals surface area contributed by atoms with Crippen LogP contribution in [0.25, 0.3) is 0 Å². The van der Waals surface area contributed by atoms with E-state index in [0.717, 1.165) is 29.7 Å². The van der Waals surface area contributed by atoms with E-state index in [9.17, 15) is 4.79 Å². The first-order chi connectivity index (χ1) is 10.3. The molecule has 1 aliphatic rings. The van der Waals surface area contributed by atoms with Gasteiger partial charge < -0.3 is 15.1 Å². The third kappa shape index (κ3) is 3.34. The van der Waals surface area contributed by atoms with Crippen molar-refractivity contribution in [3.8, 4) is 0 Å². The molecular weight excluding hydrogens is 264 g/mol. The van der Waals surface area contributed by atoms with E-state index in [1.165, 1.54) is 0 Å². The van der Waals surface area contributed by atoms with Gasteiger partial charge >= 0.3 is 0 Å². The number of carbonyl (C=O) groups excluding carboxylic acids is 1. The Morgan fingerprint density at radius 2 is 1.95 bits per heavy atom. The Kier molecular flexibility index (Phi) is 4.06. The van der Waals surface area contributed by atoms with Crippen LogP contribution in [0.2, 0.25) is 0 Å². The monoisotopic (exact) mass is 284 g/mol. The molecule has 21 heavy (non-hydrogen) atoms. The van der Waals surface area contributed by atoms with Crippen molar-refractivity contribution in [2.45, 2.75) is 38.4 Å². The van der Waals surface area contributed by atoms with Crippen molar-refractivity contribution in [1.82, 2.24) is 4.90 Å². The molecule has 2 N–H and O–H groups in total. The first kappa shape index (κ1) is 13.9. The summed E-state index contributed by atoms with van der Waals surface area (Å²) in [5.41, 5.74) is 7.81. The van der Waals surface area contributed by atoms with E-state index in [-0.39, 0.29) is 5.91 Å². The van der Waals surface area contributed by atoms with Crippen molar-refractivity contribution in [1.29, 1.82) is 0 Å². The minimum absolute atomic E-state index is 0.148. The van der Waals surface area contributed by atoms with Crippen LogP contribution in [0.15, 0.2) is 47.1 Å². The third-order valence-corrected chi connectivity index (χ3v) is 3.89. The van der Waals surface area contributed by atoms with Crippen LogP contribution in [0.4, 0.5) is 0 Å². The Bertz CT molecular complexity index is 603. The zero-order chi connectivity index (χ0) is 14.7. The molecule has 4 nitrogen and oxygen atoms in total. The molecule has 0 radical (unpaired) electrons. The van der Waals surface area contributed by atoms with E-state index >= 15 is 0 Å². The number of hydrogen-bond donors (Lipinski definition) is 1. The third-order valence-electron chi connectivity index (χ3n) is 3.89. The fourth-order valence-electron chi connectivity index (χ4n) is 2.57. The summed E-state index contributed by atoms with van der Waals surface area (Å²) < 4.78 is 5.37. The largest absolute Gasteiger partial charge is 0.467 e. The number of nitrogens with two attached hydrogens (primary N) is 1. The normalized spacial score (nSPS) is 14.1. The number of benzene rings is 1. The Morgan fingerprint density at radius 3 is 2.57 bits per heavy atom. The van der Waals surface area contributed by atoms with Gasteiger partial charge in [-0.05, 0) is 36.1 Å². The highest BCUT2D eigenvalue weighted by atomic mass is 16.3. The van der Waals surface area contributed by atoms with Crippen molar-refractivity contribution in [2.75, 3.05) is 0 Å². The molecule has 0 bridgehead atoms. The van der Waals surface area contributed by atoms with Gasteiger partial charge in [-0.3, -0.25) is 4.79 Å². The maximum Gasteiger partial charge on any atom is 0.227 e. The summed E-state index contributed by atoms with van der Waals surface area (Å²) in [4.78, 5) is 14.6. The van der Waals surface area contributed by atoms with Gasteiger partial charge in [-0.25, -0.2) is 0 Å². The van der Waals surface area contributed by atoms with Crippen LogP contribution in [0.1, 0.15) is 29.7 Å². The Hall–Kier alpha value is -2.07. The highest BCUT2D eigenvalue weighted by Gasteiger charge is 2.33. The first-order valence-corrected chi connectivity index (χ1v) is 7.36. The lowest BCUT2D eigenvalue weighted by Gasteiger charge is -2.22. The molecule has 1 saturated carbocycles. The highest BCUT2D eigenvalue weighted by molar-refractivity contribution is 5.79. The quantitative estimate of drug-likeness (QED) is 0.886. The van der Waals surface area contributed by atoms with Gasteiger partial charge in [0.1, 0.15) is 5.76 Å². The molecule has 1 aromatic heterocycles. The highest BCUT2D eigenvalue weighted by Crippen LogP contribution is 2.29. The van der Waals surface area contributed by atoms with E-state index in [1.54, 1.807) is 6.26 Å². The van der Waals surface area contributed by atoms with Crippen LogP contribution >= 0.6 is 0 Å². The second kappa shape index (κ2) is 6.14. The van der Waals surface area contributed by atoms with Gasteiger partial charge in [-0.2, -0.15) is 0 Å². The molecule has 1 aliphatic carbocycles. The van der Waals surface area contributed by atoms with E-state index < -0.39 is 0 Å². The predicted octanol–water partition coefficient (Wildman–Crippen LogP) is 2.47. The molecule has 0 atom stereocenters. The predicted molar refractivity (Wildman–Crippen MR) is 80.3 cm³/mol. The van der Waals surface area contributed by atoms with Crippen molar-refractivity contribution < 1.29 is 9.21 Å². The molecule has 1 amide bonds. The van der Waals surface area contributed by atoms with E-state index in [4.69, 9.17) is 10.2 Å². The van der Waals surface area contributed by atoms with Crippen LogP contribution in [-0.2, 0) is 24.3 Å². The van der Waals surface area contributed by atoms with Gasteiger partial charge in [-0.15, -0.1) is 0 Å². The van der Waals surface area contributed by atoms with Crippen LogP contribution in [-0.4, -0.2) is 16.8 Å². The molecule has 1 heterocycles. The molecule has 3 rings (SSSR count). The molecule has 0 spiro atoms. The Labute approximate surface area is 124 Å². The van der Waals surface area contributed by atoms with E-state index in [2.05, 4.69) is 0 Å². The summed E-state index contributed by atoms with van der Waals surface area (Å²) in [5, 5.41) is 0. The molecule has 0 aliphatic heterocycles. The van der Waals surface area contributed by atoms with Gasteiger partial charge in [0.15, 0.2) is 0 Å². The minimum Gasteiger partial charge on any atom is -0.467 e. The molecule has 4 heteroatoms. The van der Waals surface area contributed by atoms with Crippen molar-refractivity contribution in [2.24, 2.45) is 5.73 Å². The molecular formula is C17H20N2O2. The van der Waals surface area contributed by atoms with Crippen molar-refractivity contribution in [3.05, 3.63) is 59.5 Å². The molecule has 110 valence electrons. The summed E-state index contributed by atoms with van der Waals surface area (Å²) in [6.07, 6.45) is 4.23. The SMILES string of the molecule is NCc1ccccc1CC(=O)N(Cc1ccco1)C1CC1. The van der Waals surface area contributed by atoms with Crippen molar-refractivity contribution >= 4 is 5.91 Å². The topological polar surface area (TPSA) is 59.5 Å². The first-order valence-electron chi connectivity index (χ1n) is 7.36. The average Bonchev–Trinajstić information content (AvgIpc) is 3.21. The zero-order valence-electron chi connectivity index (χ0n) is 12.0. The fraction of sp³-hybridized carbons (Fsp3) is 0.353. The fourth-order valence-corrected chi connectivity index (χ4v) is 2.57. The molecule has 1 aromatic carbocycles. The molecule has 0 unspecified atom stereocenters. The van der Waals surface area contributed by atoms with E-state index in [0.29, 0.717) is 25.6 Å². The van der Waals surface area contributed by atoms with Crippen LogP contribution < -0.4 is 5.73 Å². The zero-order valence-corrected chi connectivity index (χ0v) is 12.0. The smallest absolute Gasteiger partial charge is 0.227 e. The number of rotatable bonds is 6. The average molecular weight is 284 g/mol. The lowest BCUT2D eigenvalue weighted by molar-refractivity contribution is -0.131. The molecule has 0 saturated heterocycles. The summed E-state index contributed by atoms with van der Waals surface area (Å²) >= 11 is 0. The van der Waals surface area contributed by atoms with Gasteiger partial charge in [0.25, 0.3) is 0 Å². The standard InChI is InChI=1S/C17H20N2O2/c18-11-14-5-2-1-4-13(14)10-17(20)19(15-7-8-15)12-16-6-3-9-21-16/h1-6,9,15H,7-8,10-12,18H2. The summed E-state index contributed by atoms with van der Waals surface area (Å²) in [6, 6.07) is 12.0. The number of furan rings is 1. The summed E-state index contributed by atoms with van der Waals surface area (Å²) in [6.45, 7) is 1.02. The second-order valence-corrected chi connectivity index (χ2v) is 5.48. The van der Waals surface area contributed by atoms with Crippen LogP contribution in [0.3, 0.4) is 0 Å². The van der Waals surface area contributed by atoms with Crippen LogP contribution in [0, 0.1) is 0 Å². The minimum atomic E-state index is 0.148. The van der Waals surface area contributed by atoms with Gasteiger partial charge in [0.2, 0.25) is 5.91 Å². The van der Waals surface area contributed by atoms with Gasteiger partial charge in [0.05, 0.1) is 19.2 Å². The van der Waals surface area contributed by atoms with Gasteiger partial charge in [0, 0.05) is 12.6 Å². The second-order valence-electron chi connectivity index (χ2n) is 5.48. The van der Waals surface area contributed by atoms with Crippen molar-refractivity contribution in [3.63, 3.8) is 0 Å². The summed E-state index contributed by atoms with van der Waals surface area (Å²) in [7, 11) is 0.